The van der Waals surface area contributed by atoms with E-state index < -0.39 is 9.84 Å². The first-order valence-electron chi connectivity index (χ1n) is 7.21. The van der Waals surface area contributed by atoms with Crippen LogP contribution in [0.3, 0.4) is 0 Å². The van der Waals surface area contributed by atoms with Crippen LogP contribution in [0.2, 0.25) is 0 Å². The summed E-state index contributed by atoms with van der Waals surface area (Å²) >= 11 is 1.25. The van der Waals surface area contributed by atoms with Gasteiger partial charge in [0.15, 0.2) is 15.0 Å². The standard InChI is InChI=1S/C15H16N4O3S2/c1-10-8-16-19(9-10)6-5-14(20)18-15-17-12-4-3-11(24(2,21)22)7-13(12)23-15/h3-4,7-9H,5-6H2,1-2H3,(H,17,18,20). The number of rotatable bonds is 5. The number of carbonyl (C=O) groups is 1. The molecule has 24 heavy (non-hydrogen) atoms. The van der Waals surface area contributed by atoms with Crippen LogP contribution >= 0.6 is 11.3 Å². The predicted octanol–water partition coefficient (Wildman–Crippen LogP) is 2.23. The van der Waals surface area contributed by atoms with Crippen LogP contribution in [0.4, 0.5) is 5.13 Å². The van der Waals surface area contributed by atoms with Crippen LogP contribution in [0.5, 0.6) is 0 Å². The zero-order valence-corrected chi connectivity index (χ0v) is 14.8. The Morgan fingerprint density at radius 3 is 2.83 bits per heavy atom. The molecule has 0 aliphatic carbocycles. The SMILES string of the molecule is Cc1cnn(CCC(=O)Nc2nc3ccc(S(C)(=O)=O)cc3s2)c1. The number of amides is 1. The average Bonchev–Trinajstić information content (AvgIpc) is 3.08. The average molecular weight is 364 g/mol. The molecule has 3 aromatic rings. The summed E-state index contributed by atoms with van der Waals surface area (Å²) in [5.74, 6) is -0.162. The Hall–Kier alpha value is -2.26. The normalized spacial score (nSPS) is 11.8. The maximum absolute atomic E-state index is 12.0. The summed E-state index contributed by atoms with van der Waals surface area (Å²) in [6.07, 6.45) is 5.06. The molecule has 1 N–H and O–H groups in total. The predicted molar refractivity (Wildman–Crippen MR) is 92.9 cm³/mol. The summed E-state index contributed by atoms with van der Waals surface area (Å²) in [7, 11) is -3.26. The van der Waals surface area contributed by atoms with Gasteiger partial charge in [-0.1, -0.05) is 11.3 Å². The molecule has 0 unspecified atom stereocenters. The minimum absolute atomic E-state index is 0.162. The molecule has 2 aromatic heterocycles. The summed E-state index contributed by atoms with van der Waals surface area (Å²) in [6, 6.07) is 4.73. The lowest BCUT2D eigenvalue weighted by Crippen LogP contribution is -2.14. The molecule has 0 aliphatic rings. The number of aromatic nitrogens is 3. The van der Waals surface area contributed by atoms with Crippen molar-refractivity contribution in [3.05, 3.63) is 36.2 Å². The molecule has 0 radical (unpaired) electrons. The molecule has 0 aliphatic heterocycles. The van der Waals surface area contributed by atoms with Gasteiger partial charge in [-0.2, -0.15) is 5.10 Å². The third kappa shape index (κ3) is 3.80. The molecule has 3 rings (SSSR count). The van der Waals surface area contributed by atoms with Gasteiger partial charge in [-0.3, -0.25) is 9.48 Å². The maximum atomic E-state index is 12.0. The van der Waals surface area contributed by atoms with Gasteiger partial charge in [0.05, 0.1) is 21.3 Å². The van der Waals surface area contributed by atoms with E-state index in [4.69, 9.17) is 0 Å². The van der Waals surface area contributed by atoms with Gasteiger partial charge in [0.1, 0.15) is 0 Å². The number of fused-ring (bicyclic) bond motifs is 1. The molecule has 7 nitrogen and oxygen atoms in total. The van der Waals surface area contributed by atoms with E-state index in [2.05, 4.69) is 15.4 Å². The molecule has 126 valence electrons. The van der Waals surface area contributed by atoms with Gasteiger partial charge in [-0.15, -0.1) is 0 Å². The van der Waals surface area contributed by atoms with E-state index in [0.717, 1.165) is 16.5 Å². The van der Waals surface area contributed by atoms with E-state index in [1.54, 1.807) is 23.0 Å². The topological polar surface area (TPSA) is 93.9 Å². The number of sulfone groups is 1. The fourth-order valence-electron chi connectivity index (χ4n) is 2.18. The minimum Gasteiger partial charge on any atom is -0.302 e. The van der Waals surface area contributed by atoms with E-state index in [9.17, 15) is 13.2 Å². The maximum Gasteiger partial charge on any atom is 0.228 e. The molecule has 0 saturated carbocycles. The zero-order valence-electron chi connectivity index (χ0n) is 13.2. The third-order valence-electron chi connectivity index (χ3n) is 3.36. The number of nitrogens with one attached hydrogen (secondary N) is 1. The van der Waals surface area contributed by atoms with Crippen LogP contribution in [0.15, 0.2) is 35.5 Å². The number of hydrogen-bond donors (Lipinski definition) is 1. The Kier molecular flexibility index (Phi) is 4.37. The highest BCUT2D eigenvalue weighted by atomic mass is 32.2. The fraction of sp³-hybridized carbons (Fsp3) is 0.267. The highest BCUT2D eigenvalue weighted by Crippen LogP contribution is 2.28. The lowest BCUT2D eigenvalue weighted by molar-refractivity contribution is -0.116. The van der Waals surface area contributed by atoms with Gasteiger partial charge >= 0.3 is 0 Å². The molecular formula is C15H16N4O3S2. The van der Waals surface area contributed by atoms with Gasteiger partial charge in [-0.05, 0) is 30.7 Å². The van der Waals surface area contributed by atoms with Crippen LogP contribution in [-0.4, -0.2) is 35.3 Å². The first-order valence-corrected chi connectivity index (χ1v) is 9.91. The Bertz CT molecular complexity index is 1000. The van der Waals surface area contributed by atoms with Crippen molar-refractivity contribution < 1.29 is 13.2 Å². The lowest BCUT2D eigenvalue weighted by atomic mass is 10.3. The van der Waals surface area contributed by atoms with E-state index in [1.807, 2.05) is 13.1 Å². The van der Waals surface area contributed by atoms with Crippen LogP contribution < -0.4 is 5.32 Å². The van der Waals surface area contributed by atoms with Gasteiger partial charge < -0.3 is 5.32 Å². The molecule has 9 heteroatoms. The van der Waals surface area contributed by atoms with Crippen molar-refractivity contribution in [3.8, 4) is 0 Å². The number of carbonyl (C=O) groups excluding carboxylic acids is 1. The molecule has 1 amide bonds. The largest absolute Gasteiger partial charge is 0.302 e. The van der Waals surface area contributed by atoms with Crippen molar-refractivity contribution in [1.82, 2.24) is 14.8 Å². The van der Waals surface area contributed by atoms with Crippen molar-refractivity contribution in [3.63, 3.8) is 0 Å². The molecule has 2 heterocycles. The monoisotopic (exact) mass is 364 g/mol. The second kappa shape index (κ2) is 6.33. The lowest BCUT2D eigenvalue weighted by Gasteiger charge is -2.01. The second-order valence-electron chi connectivity index (χ2n) is 5.50. The van der Waals surface area contributed by atoms with Gasteiger partial charge in [0.2, 0.25) is 5.91 Å². The Morgan fingerprint density at radius 2 is 2.17 bits per heavy atom. The first-order chi connectivity index (χ1) is 11.3. The fourth-order valence-corrected chi connectivity index (χ4v) is 3.82. The first kappa shape index (κ1) is 16.6. The van der Waals surface area contributed by atoms with Crippen molar-refractivity contribution in [2.24, 2.45) is 0 Å². The molecule has 1 aromatic carbocycles. The third-order valence-corrected chi connectivity index (χ3v) is 5.41. The summed E-state index contributed by atoms with van der Waals surface area (Å²) in [5, 5.41) is 7.33. The highest BCUT2D eigenvalue weighted by Gasteiger charge is 2.12. The van der Waals surface area contributed by atoms with Crippen molar-refractivity contribution in [2.75, 3.05) is 11.6 Å². The molecular weight excluding hydrogens is 348 g/mol. The van der Waals surface area contributed by atoms with Crippen LogP contribution in [0.25, 0.3) is 10.2 Å². The zero-order chi connectivity index (χ0) is 17.3. The van der Waals surface area contributed by atoms with Crippen LogP contribution in [-0.2, 0) is 21.2 Å². The van der Waals surface area contributed by atoms with Gasteiger partial charge in [0, 0.05) is 25.4 Å². The van der Waals surface area contributed by atoms with Crippen molar-refractivity contribution in [2.45, 2.75) is 24.8 Å². The van der Waals surface area contributed by atoms with Gasteiger partial charge in [-0.25, -0.2) is 13.4 Å². The number of nitrogens with zero attached hydrogens (tertiary/aromatic N) is 3. The van der Waals surface area contributed by atoms with E-state index in [1.165, 1.54) is 17.4 Å². The number of benzene rings is 1. The number of aryl methyl sites for hydroxylation is 2. The number of thiazole rings is 1. The Morgan fingerprint density at radius 1 is 1.38 bits per heavy atom. The summed E-state index contributed by atoms with van der Waals surface area (Å²) in [4.78, 5) is 16.6. The number of anilines is 1. The van der Waals surface area contributed by atoms with Crippen LogP contribution in [0, 0.1) is 6.92 Å². The molecule has 0 spiro atoms. The number of hydrogen-bond acceptors (Lipinski definition) is 6. The molecule has 0 fully saturated rings. The van der Waals surface area contributed by atoms with E-state index >= 15 is 0 Å². The van der Waals surface area contributed by atoms with Gasteiger partial charge in [0.25, 0.3) is 0 Å². The van der Waals surface area contributed by atoms with Crippen molar-refractivity contribution in [1.29, 1.82) is 0 Å². The molecule has 0 atom stereocenters. The summed E-state index contributed by atoms with van der Waals surface area (Å²) < 4.78 is 25.6. The minimum atomic E-state index is -3.26. The van der Waals surface area contributed by atoms with E-state index in [-0.39, 0.29) is 17.2 Å². The summed E-state index contributed by atoms with van der Waals surface area (Å²) in [6.45, 7) is 2.43. The Labute approximate surface area is 143 Å². The van der Waals surface area contributed by atoms with E-state index in [0.29, 0.717) is 17.2 Å². The smallest absolute Gasteiger partial charge is 0.228 e. The highest BCUT2D eigenvalue weighted by molar-refractivity contribution is 7.90. The molecule has 0 saturated heterocycles. The van der Waals surface area contributed by atoms with Crippen molar-refractivity contribution >= 4 is 42.4 Å². The summed E-state index contributed by atoms with van der Waals surface area (Å²) in [5.41, 5.74) is 1.70. The Balaban J connectivity index is 1.69. The second-order valence-corrected chi connectivity index (χ2v) is 8.55. The molecule has 0 bridgehead atoms. The quantitative estimate of drug-likeness (QED) is 0.749. The van der Waals surface area contributed by atoms with Crippen LogP contribution in [0.1, 0.15) is 12.0 Å².